The maximum Gasteiger partial charge on any atom is 0.128 e. The molecule has 0 bridgehead atoms. The molecule has 2 aromatic rings. The van der Waals surface area contributed by atoms with E-state index in [-0.39, 0.29) is 12.6 Å². The zero-order valence-corrected chi connectivity index (χ0v) is 10.1. The Hall–Kier alpha value is -2.07. The minimum Gasteiger partial charge on any atom is -0.394 e. The number of aromatic nitrogens is 1. The second kappa shape index (κ2) is 6.02. The van der Waals surface area contributed by atoms with E-state index >= 15 is 0 Å². The molecule has 0 aliphatic carbocycles. The number of nitrogens with one attached hydrogen (secondary N) is 1. The largest absolute Gasteiger partial charge is 0.394 e. The van der Waals surface area contributed by atoms with E-state index in [1.165, 1.54) is 5.56 Å². The smallest absolute Gasteiger partial charge is 0.128 e. The first-order valence-corrected chi connectivity index (χ1v) is 5.92. The molecule has 94 valence electrons. The second-order valence-electron chi connectivity index (χ2n) is 4.16. The predicted molar refractivity (Wildman–Crippen MR) is 73.3 cm³/mol. The van der Waals surface area contributed by atoms with Gasteiger partial charge < -0.3 is 16.2 Å². The Kier molecular flexibility index (Phi) is 4.15. The molecule has 2 rings (SSSR count). The molecule has 1 heterocycles. The second-order valence-corrected chi connectivity index (χ2v) is 4.16. The molecule has 1 aromatic heterocycles. The first-order valence-electron chi connectivity index (χ1n) is 5.92. The minimum absolute atomic E-state index is 0.0470. The van der Waals surface area contributed by atoms with Crippen LogP contribution in [-0.4, -0.2) is 22.7 Å². The van der Waals surface area contributed by atoms with Gasteiger partial charge in [-0.3, -0.25) is 0 Å². The Morgan fingerprint density at radius 1 is 1.11 bits per heavy atom. The number of nitrogens with zero attached hydrogens (tertiary/aromatic N) is 1. The summed E-state index contributed by atoms with van der Waals surface area (Å²) in [5.41, 5.74) is 6.79. The van der Waals surface area contributed by atoms with Crippen molar-refractivity contribution >= 4 is 11.6 Å². The summed E-state index contributed by atoms with van der Waals surface area (Å²) in [7, 11) is 0. The lowest BCUT2D eigenvalue weighted by Gasteiger charge is -2.17. The third-order valence-corrected chi connectivity index (χ3v) is 2.67. The lowest BCUT2D eigenvalue weighted by atomic mass is 10.1. The highest BCUT2D eigenvalue weighted by Crippen LogP contribution is 2.10. The van der Waals surface area contributed by atoms with Crippen LogP contribution < -0.4 is 11.1 Å². The minimum atomic E-state index is -0.0679. The zero-order valence-electron chi connectivity index (χ0n) is 10.1. The summed E-state index contributed by atoms with van der Waals surface area (Å²) in [6.45, 7) is 0.0470. The van der Waals surface area contributed by atoms with E-state index in [9.17, 15) is 5.11 Å². The van der Waals surface area contributed by atoms with Gasteiger partial charge >= 0.3 is 0 Å². The topological polar surface area (TPSA) is 71.2 Å². The van der Waals surface area contributed by atoms with Crippen LogP contribution in [0.2, 0.25) is 0 Å². The van der Waals surface area contributed by atoms with Crippen molar-refractivity contribution in [2.75, 3.05) is 17.7 Å². The van der Waals surface area contributed by atoms with E-state index in [1.807, 2.05) is 42.5 Å². The molecule has 0 radical (unpaired) electrons. The number of pyridine rings is 1. The van der Waals surface area contributed by atoms with Gasteiger partial charge in [0.2, 0.25) is 0 Å². The van der Waals surface area contributed by atoms with Gasteiger partial charge in [-0.25, -0.2) is 4.98 Å². The summed E-state index contributed by atoms with van der Waals surface area (Å²) < 4.78 is 0. The molecule has 1 atom stereocenters. The molecule has 0 aliphatic heterocycles. The molecule has 0 fully saturated rings. The first-order chi connectivity index (χ1) is 8.78. The quantitative estimate of drug-likeness (QED) is 0.747. The standard InChI is InChI=1S/C14H17N3O/c15-13-7-4-8-14(17-13)16-12(10-18)9-11-5-2-1-3-6-11/h1-8,12,18H,9-10H2,(H3,15,16,17). The fourth-order valence-corrected chi connectivity index (χ4v) is 1.80. The van der Waals surface area contributed by atoms with E-state index in [1.54, 1.807) is 6.07 Å². The Labute approximate surface area is 106 Å². The van der Waals surface area contributed by atoms with Crippen LogP contribution in [0, 0.1) is 0 Å². The fraction of sp³-hybridized carbons (Fsp3) is 0.214. The number of rotatable bonds is 5. The number of aliphatic hydroxyl groups is 1. The molecule has 1 unspecified atom stereocenters. The van der Waals surface area contributed by atoms with Gasteiger partial charge in [0.1, 0.15) is 11.6 Å². The van der Waals surface area contributed by atoms with E-state index in [0.717, 1.165) is 6.42 Å². The molecule has 18 heavy (non-hydrogen) atoms. The van der Waals surface area contributed by atoms with Crippen molar-refractivity contribution < 1.29 is 5.11 Å². The van der Waals surface area contributed by atoms with Gasteiger partial charge in [0.15, 0.2) is 0 Å². The average molecular weight is 243 g/mol. The van der Waals surface area contributed by atoms with E-state index < -0.39 is 0 Å². The summed E-state index contributed by atoms with van der Waals surface area (Å²) >= 11 is 0. The van der Waals surface area contributed by atoms with Gasteiger partial charge in [-0.2, -0.15) is 0 Å². The van der Waals surface area contributed by atoms with Crippen LogP contribution in [0.25, 0.3) is 0 Å². The average Bonchev–Trinajstić information content (AvgIpc) is 2.39. The summed E-state index contributed by atoms with van der Waals surface area (Å²) in [6, 6.07) is 15.4. The molecule has 0 saturated carbocycles. The lowest BCUT2D eigenvalue weighted by molar-refractivity contribution is 0.273. The van der Waals surface area contributed by atoms with Gasteiger partial charge in [0.25, 0.3) is 0 Å². The molecule has 0 saturated heterocycles. The van der Waals surface area contributed by atoms with E-state index in [2.05, 4.69) is 10.3 Å². The highest BCUT2D eigenvalue weighted by molar-refractivity contribution is 5.43. The summed E-state index contributed by atoms with van der Waals surface area (Å²) in [5, 5.41) is 12.6. The van der Waals surface area contributed by atoms with Crippen LogP contribution in [0.15, 0.2) is 48.5 Å². The monoisotopic (exact) mass is 243 g/mol. The van der Waals surface area contributed by atoms with Gasteiger partial charge in [0.05, 0.1) is 12.6 Å². The Morgan fingerprint density at radius 2 is 1.89 bits per heavy atom. The van der Waals surface area contributed by atoms with E-state index in [4.69, 9.17) is 5.73 Å². The molecule has 4 N–H and O–H groups in total. The molecule has 0 spiro atoms. The van der Waals surface area contributed by atoms with Crippen molar-refractivity contribution in [1.82, 2.24) is 4.98 Å². The predicted octanol–water partition coefficient (Wildman–Crippen LogP) is 1.68. The highest BCUT2D eigenvalue weighted by atomic mass is 16.3. The summed E-state index contributed by atoms with van der Waals surface area (Å²) in [4.78, 5) is 4.16. The molecule has 0 aliphatic rings. The van der Waals surface area contributed by atoms with Gasteiger partial charge in [-0.05, 0) is 24.1 Å². The van der Waals surface area contributed by atoms with Gasteiger partial charge in [-0.15, -0.1) is 0 Å². The molecule has 1 aromatic carbocycles. The van der Waals surface area contributed by atoms with E-state index in [0.29, 0.717) is 11.6 Å². The van der Waals surface area contributed by atoms with Crippen LogP contribution in [0.1, 0.15) is 5.56 Å². The number of nitrogens with two attached hydrogens (primary N) is 1. The van der Waals surface area contributed by atoms with Crippen LogP contribution in [0.3, 0.4) is 0 Å². The van der Waals surface area contributed by atoms with Crippen LogP contribution in [0.4, 0.5) is 11.6 Å². The van der Waals surface area contributed by atoms with Crippen LogP contribution >= 0.6 is 0 Å². The third-order valence-electron chi connectivity index (χ3n) is 2.67. The van der Waals surface area contributed by atoms with Crippen LogP contribution in [-0.2, 0) is 6.42 Å². The molecule has 0 amide bonds. The Bertz CT molecular complexity index is 487. The number of anilines is 2. The van der Waals surface area contributed by atoms with Crippen molar-refractivity contribution in [1.29, 1.82) is 0 Å². The highest BCUT2D eigenvalue weighted by Gasteiger charge is 2.08. The zero-order chi connectivity index (χ0) is 12.8. The van der Waals surface area contributed by atoms with Gasteiger partial charge in [-0.1, -0.05) is 36.4 Å². The molecule has 4 heteroatoms. The van der Waals surface area contributed by atoms with Crippen molar-refractivity contribution in [3.05, 3.63) is 54.1 Å². The van der Waals surface area contributed by atoms with Crippen molar-refractivity contribution in [2.45, 2.75) is 12.5 Å². The Balaban J connectivity index is 2.01. The number of hydrogen-bond donors (Lipinski definition) is 3. The molecular formula is C14H17N3O. The van der Waals surface area contributed by atoms with Crippen molar-refractivity contribution in [3.8, 4) is 0 Å². The summed E-state index contributed by atoms with van der Waals surface area (Å²) in [5.74, 6) is 1.15. The SMILES string of the molecule is Nc1cccc(NC(CO)Cc2ccccc2)n1. The third kappa shape index (κ3) is 3.46. The first kappa shape index (κ1) is 12.4. The normalized spacial score (nSPS) is 12.1. The number of aliphatic hydroxyl groups excluding tert-OH is 1. The van der Waals surface area contributed by atoms with Crippen molar-refractivity contribution in [3.63, 3.8) is 0 Å². The maximum atomic E-state index is 9.40. The number of benzene rings is 1. The molecule has 4 nitrogen and oxygen atoms in total. The maximum absolute atomic E-state index is 9.40. The fourth-order valence-electron chi connectivity index (χ4n) is 1.80. The summed E-state index contributed by atoms with van der Waals surface area (Å²) in [6.07, 6.45) is 0.744. The van der Waals surface area contributed by atoms with Gasteiger partial charge in [0, 0.05) is 0 Å². The lowest BCUT2D eigenvalue weighted by Crippen LogP contribution is -2.26. The number of nitrogen functional groups attached to an aromatic ring is 1. The van der Waals surface area contributed by atoms with Crippen LogP contribution in [0.5, 0.6) is 0 Å². The number of hydrogen-bond acceptors (Lipinski definition) is 4. The molecular weight excluding hydrogens is 226 g/mol. The Morgan fingerprint density at radius 3 is 2.56 bits per heavy atom. The van der Waals surface area contributed by atoms with Crippen molar-refractivity contribution in [2.24, 2.45) is 0 Å².